The number of Topliss-reactive ketones (excluding diaryl/α,β-unsaturated/α-hetero) is 1. The summed E-state index contributed by atoms with van der Waals surface area (Å²) in [5, 5.41) is 12.5. The lowest BCUT2D eigenvalue weighted by atomic mass is 10.0. The molecule has 0 aromatic heterocycles. The number of hydrogen-bond donors (Lipinski definition) is 2. The molecular weight excluding hydrogens is 190 g/mol. The average Bonchev–Trinajstić information content (AvgIpc) is 2.26. The molecule has 78 valence electrons. The normalized spacial score (nSPS) is 9.20. The van der Waals surface area contributed by atoms with Gasteiger partial charge in [0.15, 0.2) is 5.78 Å². The Kier molecular flexibility index (Phi) is 3.32. The Hall–Kier alpha value is -1.99. The largest absolute Gasteiger partial charge is 0.507 e. The van der Waals surface area contributed by atoms with E-state index in [2.05, 4.69) is 17.6 Å². The fraction of sp³-hybridized carbons (Fsp3) is 0.167. The first-order valence-electron chi connectivity index (χ1n) is 4.52. The molecule has 0 radical (unpaired) electrons. The van der Waals surface area contributed by atoms with Gasteiger partial charge in [-0.1, -0.05) is 6.58 Å². The first-order chi connectivity index (χ1) is 7.10. The van der Waals surface area contributed by atoms with Gasteiger partial charge in [0.1, 0.15) is 5.75 Å². The Balaban J connectivity index is 3.17. The van der Waals surface area contributed by atoms with Gasteiger partial charge in [-0.2, -0.15) is 0 Å². The highest BCUT2D eigenvalue weighted by atomic mass is 16.3. The summed E-state index contributed by atoms with van der Waals surface area (Å²) in [5.41, 5.74) is 3.92. The van der Waals surface area contributed by atoms with Crippen molar-refractivity contribution in [2.24, 2.45) is 0 Å². The smallest absolute Gasteiger partial charge is 0.200 e. The summed E-state index contributed by atoms with van der Waals surface area (Å²) < 4.78 is 0. The van der Waals surface area contributed by atoms with Crippen molar-refractivity contribution < 1.29 is 9.90 Å². The van der Waals surface area contributed by atoms with Crippen LogP contribution in [0.3, 0.4) is 0 Å². The molecule has 15 heavy (non-hydrogen) atoms. The zero-order valence-electron chi connectivity index (χ0n) is 8.79. The summed E-state index contributed by atoms with van der Waals surface area (Å²) in [6.07, 6.45) is 0. The summed E-state index contributed by atoms with van der Waals surface area (Å²) in [4.78, 5) is 11.7. The van der Waals surface area contributed by atoms with Crippen LogP contribution in [0.25, 0.3) is 0 Å². The number of nitrogens with one attached hydrogen (secondary N) is 1. The molecule has 0 bridgehead atoms. The van der Waals surface area contributed by atoms with Gasteiger partial charge in [-0.3, -0.25) is 4.79 Å². The minimum absolute atomic E-state index is 0.0403. The second kappa shape index (κ2) is 4.49. The summed E-state index contributed by atoms with van der Waals surface area (Å²) in [5.74, 6) is -0.299. The standard InChI is InChI=1S/C12H13NO2/c1-4-8(2)12(15)10-6-5-9(13-3)7-11(10)14/h5-7,13-14H,1H2,2-3H3. The third-order valence-electron chi connectivity index (χ3n) is 2.14. The number of benzene rings is 1. The van der Waals surface area contributed by atoms with Crippen molar-refractivity contribution in [2.45, 2.75) is 6.92 Å². The van der Waals surface area contributed by atoms with E-state index in [0.29, 0.717) is 5.57 Å². The molecule has 3 heteroatoms. The molecule has 2 N–H and O–H groups in total. The lowest BCUT2D eigenvalue weighted by molar-refractivity contribution is 0.103. The molecular formula is C12H13NO2. The third-order valence-corrected chi connectivity index (χ3v) is 2.14. The predicted molar refractivity (Wildman–Crippen MR) is 60.3 cm³/mol. The molecule has 0 saturated carbocycles. The molecule has 0 spiro atoms. The Bertz CT molecular complexity index is 443. The van der Waals surface area contributed by atoms with Gasteiger partial charge in [0, 0.05) is 24.4 Å². The van der Waals surface area contributed by atoms with Gasteiger partial charge in [-0.25, -0.2) is 0 Å². The first kappa shape index (κ1) is 11.1. The Morgan fingerprint density at radius 3 is 2.67 bits per heavy atom. The van der Waals surface area contributed by atoms with Crippen LogP contribution in [-0.2, 0) is 0 Å². The molecule has 0 aliphatic heterocycles. The number of ketones is 1. The molecule has 0 unspecified atom stereocenters. The number of allylic oxidation sites excluding steroid dienone is 1. The van der Waals surface area contributed by atoms with E-state index in [9.17, 15) is 9.90 Å². The summed E-state index contributed by atoms with van der Waals surface area (Å²) >= 11 is 0. The maximum absolute atomic E-state index is 11.7. The van der Waals surface area contributed by atoms with E-state index >= 15 is 0 Å². The van der Waals surface area contributed by atoms with Crippen molar-refractivity contribution in [3.63, 3.8) is 0 Å². The van der Waals surface area contributed by atoms with Crippen LogP contribution < -0.4 is 5.32 Å². The van der Waals surface area contributed by atoms with E-state index in [1.807, 2.05) is 0 Å². The molecule has 0 aliphatic carbocycles. The van der Waals surface area contributed by atoms with Crippen LogP contribution in [0.5, 0.6) is 5.75 Å². The second-order valence-electron chi connectivity index (χ2n) is 3.11. The summed E-state index contributed by atoms with van der Waals surface area (Å²) in [6, 6.07) is 4.80. The highest BCUT2D eigenvalue weighted by Gasteiger charge is 2.12. The molecule has 3 nitrogen and oxygen atoms in total. The van der Waals surface area contributed by atoms with Crippen LogP contribution in [0.1, 0.15) is 17.3 Å². The fourth-order valence-electron chi connectivity index (χ4n) is 1.16. The van der Waals surface area contributed by atoms with Crippen LogP contribution in [0.2, 0.25) is 0 Å². The lowest BCUT2D eigenvalue weighted by Gasteiger charge is -2.05. The van der Waals surface area contributed by atoms with Gasteiger partial charge < -0.3 is 10.4 Å². The Morgan fingerprint density at radius 1 is 1.53 bits per heavy atom. The van der Waals surface area contributed by atoms with E-state index in [0.717, 1.165) is 5.69 Å². The lowest BCUT2D eigenvalue weighted by Crippen LogP contribution is -2.00. The zero-order chi connectivity index (χ0) is 11.4. The summed E-state index contributed by atoms with van der Waals surface area (Å²) in [7, 11) is 1.74. The summed E-state index contributed by atoms with van der Waals surface area (Å²) in [6.45, 7) is 5.01. The monoisotopic (exact) mass is 203 g/mol. The number of phenolic OH excluding ortho intramolecular Hbond substituents is 1. The average molecular weight is 203 g/mol. The Morgan fingerprint density at radius 2 is 2.20 bits per heavy atom. The molecule has 0 heterocycles. The van der Waals surface area contributed by atoms with Gasteiger partial charge >= 0.3 is 0 Å². The highest BCUT2D eigenvalue weighted by molar-refractivity contribution is 6.10. The van der Waals surface area contributed by atoms with E-state index in [1.54, 1.807) is 26.1 Å². The molecule has 1 aromatic rings. The molecule has 0 saturated heterocycles. The zero-order valence-corrected chi connectivity index (χ0v) is 8.79. The quantitative estimate of drug-likeness (QED) is 0.450. The van der Waals surface area contributed by atoms with Crippen LogP contribution in [0.4, 0.5) is 5.69 Å². The number of rotatable bonds is 3. The van der Waals surface area contributed by atoms with Gasteiger partial charge in [0.05, 0.1) is 5.56 Å². The third kappa shape index (κ3) is 2.27. The first-order valence-corrected chi connectivity index (χ1v) is 4.52. The number of phenols is 1. The van der Waals surface area contributed by atoms with Crippen LogP contribution >= 0.6 is 0 Å². The Labute approximate surface area is 88.7 Å². The maximum Gasteiger partial charge on any atom is 0.200 e. The molecule has 1 rings (SSSR count). The van der Waals surface area contributed by atoms with Crippen molar-refractivity contribution >= 4 is 11.5 Å². The van der Waals surface area contributed by atoms with Gasteiger partial charge in [0.25, 0.3) is 0 Å². The topological polar surface area (TPSA) is 49.3 Å². The van der Waals surface area contributed by atoms with E-state index < -0.39 is 0 Å². The number of anilines is 1. The van der Waals surface area contributed by atoms with E-state index in [-0.39, 0.29) is 17.1 Å². The van der Waals surface area contributed by atoms with E-state index in [4.69, 9.17) is 0 Å². The minimum atomic E-state index is -0.259. The number of hydrogen-bond acceptors (Lipinski definition) is 3. The number of carbonyl (C=O) groups is 1. The van der Waals surface area contributed by atoms with Gasteiger partial charge in [-0.15, -0.1) is 5.73 Å². The molecule has 0 aliphatic rings. The SMILES string of the molecule is C=C=C(C)C(=O)c1ccc(NC)cc1O. The van der Waals surface area contributed by atoms with Crippen molar-refractivity contribution in [3.8, 4) is 5.75 Å². The fourth-order valence-corrected chi connectivity index (χ4v) is 1.16. The molecule has 0 fully saturated rings. The van der Waals surface area contributed by atoms with Crippen LogP contribution in [0.15, 0.2) is 36.1 Å². The number of carbonyl (C=O) groups excluding carboxylic acids is 1. The maximum atomic E-state index is 11.7. The minimum Gasteiger partial charge on any atom is -0.507 e. The van der Waals surface area contributed by atoms with Crippen molar-refractivity contribution in [1.29, 1.82) is 0 Å². The highest BCUT2D eigenvalue weighted by Crippen LogP contribution is 2.23. The van der Waals surface area contributed by atoms with Crippen molar-refractivity contribution in [1.82, 2.24) is 0 Å². The van der Waals surface area contributed by atoms with E-state index in [1.165, 1.54) is 6.07 Å². The van der Waals surface area contributed by atoms with Crippen molar-refractivity contribution in [2.75, 3.05) is 12.4 Å². The predicted octanol–water partition coefficient (Wildman–Crippen LogP) is 2.35. The molecule has 1 aromatic carbocycles. The van der Waals surface area contributed by atoms with Crippen LogP contribution in [-0.4, -0.2) is 17.9 Å². The van der Waals surface area contributed by atoms with Gasteiger partial charge in [0.2, 0.25) is 0 Å². The molecule has 0 amide bonds. The van der Waals surface area contributed by atoms with Gasteiger partial charge in [-0.05, 0) is 19.1 Å². The molecule has 0 atom stereocenters. The number of aromatic hydroxyl groups is 1. The van der Waals surface area contributed by atoms with Crippen molar-refractivity contribution in [3.05, 3.63) is 41.6 Å². The second-order valence-corrected chi connectivity index (χ2v) is 3.11. The van der Waals surface area contributed by atoms with Crippen LogP contribution in [0, 0.1) is 0 Å².